The van der Waals surface area contributed by atoms with Crippen LogP contribution in [0.2, 0.25) is 0 Å². The highest BCUT2D eigenvalue weighted by Gasteiger charge is 2.10. The fraction of sp³-hybridized carbons (Fsp3) is 0.250. The molecule has 19 heavy (non-hydrogen) atoms. The third kappa shape index (κ3) is 3.19. The van der Waals surface area contributed by atoms with E-state index in [0.717, 1.165) is 12.1 Å². The van der Waals surface area contributed by atoms with Crippen LogP contribution in [0.5, 0.6) is 11.5 Å². The van der Waals surface area contributed by atoms with Crippen LogP contribution in [-0.4, -0.2) is 12.2 Å². The summed E-state index contributed by atoms with van der Waals surface area (Å²) >= 11 is 0. The Morgan fingerprint density at radius 3 is 2.47 bits per heavy atom. The van der Waals surface area contributed by atoms with Crippen molar-refractivity contribution in [3.05, 3.63) is 54.1 Å². The van der Waals surface area contributed by atoms with Gasteiger partial charge >= 0.3 is 0 Å². The van der Waals surface area contributed by atoms with E-state index < -0.39 is 0 Å². The molecule has 0 saturated carbocycles. The van der Waals surface area contributed by atoms with Crippen molar-refractivity contribution in [3.63, 3.8) is 0 Å². The van der Waals surface area contributed by atoms with Crippen LogP contribution in [0.25, 0.3) is 0 Å². The Hall–Kier alpha value is -2.16. The molecular weight excluding hydrogens is 238 g/mol. The predicted octanol–water partition coefficient (Wildman–Crippen LogP) is 3.96. The fourth-order valence-corrected chi connectivity index (χ4v) is 2.09. The minimum absolute atomic E-state index is 0.149. The molecule has 0 saturated heterocycles. The molecule has 0 aliphatic heterocycles. The van der Waals surface area contributed by atoms with Crippen molar-refractivity contribution in [1.82, 2.24) is 0 Å². The van der Waals surface area contributed by atoms with Gasteiger partial charge in [0.15, 0.2) is 11.5 Å². The standard InChI is InChI=1S/C16H19NO2/c1-3-14(12-7-5-4-6-8-12)17-13-9-10-16(19-2)15(18)11-13/h4-11,14,17-18H,3H2,1-2H3. The summed E-state index contributed by atoms with van der Waals surface area (Å²) in [5.41, 5.74) is 2.12. The normalized spacial score (nSPS) is 11.9. The number of phenolic OH excluding ortho intramolecular Hbond substituents is 1. The first-order valence-electron chi connectivity index (χ1n) is 6.43. The fourth-order valence-electron chi connectivity index (χ4n) is 2.09. The molecule has 3 heteroatoms. The largest absolute Gasteiger partial charge is 0.504 e. The van der Waals surface area contributed by atoms with Gasteiger partial charge in [0.2, 0.25) is 0 Å². The zero-order valence-electron chi connectivity index (χ0n) is 11.3. The van der Waals surface area contributed by atoms with Gasteiger partial charge in [0.1, 0.15) is 0 Å². The van der Waals surface area contributed by atoms with Crippen LogP contribution >= 0.6 is 0 Å². The number of methoxy groups -OCH3 is 1. The van der Waals surface area contributed by atoms with Crippen LogP contribution in [-0.2, 0) is 0 Å². The zero-order chi connectivity index (χ0) is 13.7. The Balaban J connectivity index is 2.17. The number of rotatable bonds is 5. The summed E-state index contributed by atoms with van der Waals surface area (Å²) in [6.45, 7) is 2.13. The van der Waals surface area contributed by atoms with Crippen molar-refractivity contribution in [1.29, 1.82) is 0 Å². The summed E-state index contributed by atoms with van der Waals surface area (Å²) in [6.07, 6.45) is 0.969. The van der Waals surface area contributed by atoms with Gasteiger partial charge in [0.05, 0.1) is 13.2 Å². The average Bonchev–Trinajstić information content (AvgIpc) is 2.46. The summed E-state index contributed by atoms with van der Waals surface area (Å²) in [4.78, 5) is 0. The molecule has 0 spiro atoms. The van der Waals surface area contributed by atoms with E-state index in [0.29, 0.717) is 5.75 Å². The number of benzene rings is 2. The summed E-state index contributed by atoms with van der Waals surface area (Å²) in [6, 6.07) is 15.9. The van der Waals surface area contributed by atoms with Crippen molar-refractivity contribution >= 4 is 5.69 Å². The Bertz CT molecular complexity index is 526. The molecule has 100 valence electrons. The summed E-state index contributed by atoms with van der Waals surface area (Å²) < 4.78 is 5.04. The quantitative estimate of drug-likeness (QED) is 0.851. The number of hydrogen-bond acceptors (Lipinski definition) is 3. The number of anilines is 1. The van der Waals surface area contributed by atoms with Gasteiger partial charge < -0.3 is 15.2 Å². The molecule has 2 N–H and O–H groups in total. The van der Waals surface area contributed by atoms with E-state index >= 15 is 0 Å². The molecule has 0 heterocycles. The first-order chi connectivity index (χ1) is 9.24. The van der Waals surface area contributed by atoms with E-state index in [1.165, 1.54) is 5.56 Å². The predicted molar refractivity (Wildman–Crippen MR) is 77.8 cm³/mol. The third-order valence-electron chi connectivity index (χ3n) is 3.13. The van der Waals surface area contributed by atoms with Crippen molar-refractivity contribution in [3.8, 4) is 11.5 Å². The van der Waals surface area contributed by atoms with Gasteiger partial charge in [-0.05, 0) is 24.1 Å². The highest BCUT2D eigenvalue weighted by Crippen LogP contribution is 2.31. The maximum Gasteiger partial charge on any atom is 0.160 e. The van der Waals surface area contributed by atoms with E-state index in [4.69, 9.17) is 4.74 Å². The monoisotopic (exact) mass is 257 g/mol. The van der Waals surface area contributed by atoms with Crippen molar-refractivity contribution < 1.29 is 9.84 Å². The topological polar surface area (TPSA) is 41.5 Å². The highest BCUT2D eigenvalue weighted by molar-refractivity contribution is 5.55. The summed E-state index contributed by atoms with van der Waals surface area (Å²) in [7, 11) is 1.54. The number of hydrogen-bond donors (Lipinski definition) is 2. The number of ether oxygens (including phenoxy) is 1. The van der Waals surface area contributed by atoms with Gasteiger partial charge in [-0.25, -0.2) is 0 Å². The second-order valence-corrected chi connectivity index (χ2v) is 4.40. The second-order valence-electron chi connectivity index (χ2n) is 4.40. The van der Waals surface area contributed by atoms with E-state index in [1.807, 2.05) is 24.3 Å². The maximum atomic E-state index is 9.78. The summed E-state index contributed by atoms with van der Waals surface area (Å²) in [5, 5.41) is 13.2. The Morgan fingerprint density at radius 1 is 1.16 bits per heavy atom. The molecule has 3 nitrogen and oxygen atoms in total. The minimum Gasteiger partial charge on any atom is -0.504 e. The number of phenols is 1. The van der Waals surface area contributed by atoms with Crippen LogP contribution in [0, 0.1) is 0 Å². The zero-order valence-corrected chi connectivity index (χ0v) is 11.3. The van der Waals surface area contributed by atoms with E-state index in [1.54, 1.807) is 19.2 Å². The molecule has 2 aromatic carbocycles. The molecule has 2 aromatic rings. The van der Waals surface area contributed by atoms with Gasteiger partial charge in [-0.1, -0.05) is 37.3 Å². The lowest BCUT2D eigenvalue weighted by Gasteiger charge is -2.19. The summed E-state index contributed by atoms with van der Waals surface area (Å²) in [5.74, 6) is 0.633. The smallest absolute Gasteiger partial charge is 0.160 e. The van der Waals surface area contributed by atoms with Gasteiger partial charge in [-0.2, -0.15) is 0 Å². The molecule has 0 bridgehead atoms. The van der Waals surface area contributed by atoms with Crippen molar-refractivity contribution in [2.24, 2.45) is 0 Å². The average molecular weight is 257 g/mol. The molecule has 2 rings (SSSR count). The Kier molecular flexibility index (Phi) is 4.29. The Labute approximate surface area is 113 Å². The van der Waals surface area contributed by atoms with Gasteiger partial charge in [-0.15, -0.1) is 0 Å². The third-order valence-corrected chi connectivity index (χ3v) is 3.13. The highest BCUT2D eigenvalue weighted by atomic mass is 16.5. The second kappa shape index (κ2) is 6.14. The van der Waals surface area contributed by atoms with Crippen LogP contribution < -0.4 is 10.1 Å². The SMILES string of the molecule is CCC(Nc1ccc(OC)c(O)c1)c1ccccc1. The van der Waals surface area contributed by atoms with Crippen LogP contribution in [0.1, 0.15) is 24.9 Å². The lowest BCUT2D eigenvalue weighted by Crippen LogP contribution is -2.09. The van der Waals surface area contributed by atoms with Gasteiger partial charge in [0.25, 0.3) is 0 Å². The van der Waals surface area contributed by atoms with E-state index in [2.05, 4.69) is 24.4 Å². The molecule has 0 fully saturated rings. The number of nitrogens with one attached hydrogen (secondary N) is 1. The first-order valence-corrected chi connectivity index (χ1v) is 6.43. The molecule has 0 radical (unpaired) electrons. The molecule has 0 aromatic heterocycles. The minimum atomic E-state index is 0.149. The van der Waals surface area contributed by atoms with Crippen LogP contribution in [0.4, 0.5) is 5.69 Å². The molecular formula is C16H19NO2. The van der Waals surface area contributed by atoms with Crippen molar-refractivity contribution in [2.45, 2.75) is 19.4 Å². The molecule has 1 unspecified atom stereocenters. The van der Waals surface area contributed by atoms with Gasteiger partial charge in [-0.3, -0.25) is 0 Å². The molecule has 1 atom stereocenters. The molecule has 0 aliphatic rings. The Morgan fingerprint density at radius 2 is 1.89 bits per heavy atom. The van der Waals surface area contributed by atoms with Crippen molar-refractivity contribution in [2.75, 3.05) is 12.4 Å². The van der Waals surface area contributed by atoms with E-state index in [9.17, 15) is 5.11 Å². The van der Waals surface area contributed by atoms with Crippen LogP contribution in [0.3, 0.4) is 0 Å². The molecule has 0 amide bonds. The van der Waals surface area contributed by atoms with E-state index in [-0.39, 0.29) is 11.8 Å². The lowest BCUT2D eigenvalue weighted by molar-refractivity contribution is 0.373. The first kappa shape index (κ1) is 13.3. The number of aromatic hydroxyl groups is 1. The lowest BCUT2D eigenvalue weighted by atomic mass is 10.0. The van der Waals surface area contributed by atoms with Gasteiger partial charge in [0, 0.05) is 11.8 Å². The van der Waals surface area contributed by atoms with Crippen LogP contribution in [0.15, 0.2) is 48.5 Å². The maximum absolute atomic E-state index is 9.78. The molecule has 0 aliphatic carbocycles.